The SMILES string of the molecule is CCNc1ncnc(-c2ccc(C(F)(F)F)cc2)c1CC. The Bertz CT molecular complexity index is 607. The van der Waals surface area contributed by atoms with Gasteiger partial charge in [-0.15, -0.1) is 0 Å². The minimum absolute atomic E-state index is 0.654. The van der Waals surface area contributed by atoms with Gasteiger partial charge in [-0.2, -0.15) is 13.2 Å². The number of nitrogens with one attached hydrogen (secondary N) is 1. The predicted molar refractivity (Wildman–Crippen MR) is 76.0 cm³/mol. The van der Waals surface area contributed by atoms with E-state index in [0.717, 1.165) is 30.1 Å². The molecular formula is C15H16F3N3. The second-order valence-corrected chi connectivity index (χ2v) is 4.51. The molecule has 112 valence electrons. The molecule has 0 radical (unpaired) electrons. The molecule has 0 saturated heterocycles. The Morgan fingerprint density at radius 2 is 1.71 bits per heavy atom. The van der Waals surface area contributed by atoms with Crippen molar-refractivity contribution in [3.63, 3.8) is 0 Å². The molecule has 0 aliphatic rings. The van der Waals surface area contributed by atoms with Gasteiger partial charge in [0, 0.05) is 17.7 Å². The van der Waals surface area contributed by atoms with Crippen molar-refractivity contribution >= 4 is 5.82 Å². The largest absolute Gasteiger partial charge is 0.416 e. The topological polar surface area (TPSA) is 37.8 Å². The molecule has 0 aliphatic heterocycles. The van der Waals surface area contributed by atoms with Crippen LogP contribution in [0, 0.1) is 0 Å². The van der Waals surface area contributed by atoms with Gasteiger partial charge in [-0.1, -0.05) is 19.1 Å². The number of anilines is 1. The summed E-state index contributed by atoms with van der Waals surface area (Å²) in [5, 5.41) is 3.14. The molecule has 2 rings (SSSR count). The highest BCUT2D eigenvalue weighted by Gasteiger charge is 2.30. The molecule has 0 atom stereocenters. The van der Waals surface area contributed by atoms with Gasteiger partial charge in [0.2, 0.25) is 0 Å². The minimum Gasteiger partial charge on any atom is -0.370 e. The number of aromatic nitrogens is 2. The van der Waals surface area contributed by atoms with Crippen LogP contribution in [0.1, 0.15) is 25.0 Å². The van der Waals surface area contributed by atoms with Gasteiger partial charge in [0.25, 0.3) is 0 Å². The smallest absolute Gasteiger partial charge is 0.370 e. The number of halogens is 3. The highest BCUT2D eigenvalue weighted by molar-refractivity contribution is 5.68. The summed E-state index contributed by atoms with van der Waals surface area (Å²) in [4.78, 5) is 8.40. The quantitative estimate of drug-likeness (QED) is 0.920. The Hall–Kier alpha value is -2.11. The van der Waals surface area contributed by atoms with E-state index in [2.05, 4.69) is 15.3 Å². The zero-order valence-corrected chi connectivity index (χ0v) is 11.8. The van der Waals surface area contributed by atoms with E-state index in [1.165, 1.54) is 18.5 Å². The van der Waals surface area contributed by atoms with Gasteiger partial charge in [-0.3, -0.25) is 0 Å². The van der Waals surface area contributed by atoms with Gasteiger partial charge in [0.15, 0.2) is 0 Å². The van der Waals surface area contributed by atoms with Gasteiger partial charge in [0.1, 0.15) is 12.1 Å². The van der Waals surface area contributed by atoms with E-state index in [1.54, 1.807) is 0 Å². The Morgan fingerprint density at radius 3 is 2.24 bits per heavy atom. The summed E-state index contributed by atoms with van der Waals surface area (Å²) in [6, 6.07) is 5.04. The number of alkyl halides is 3. The van der Waals surface area contributed by atoms with Gasteiger partial charge in [-0.05, 0) is 25.5 Å². The first-order chi connectivity index (χ1) is 9.97. The summed E-state index contributed by atoms with van der Waals surface area (Å²) in [7, 11) is 0. The third-order valence-corrected chi connectivity index (χ3v) is 3.13. The van der Waals surface area contributed by atoms with Crippen molar-refractivity contribution in [2.45, 2.75) is 26.4 Å². The highest BCUT2D eigenvalue weighted by Crippen LogP contribution is 2.32. The number of nitrogens with zero attached hydrogens (tertiary/aromatic N) is 2. The van der Waals surface area contributed by atoms with E-state index >= 15 is 0 Å². The fourth-order valence-electron chi connectivity index (χ4n) is 2.13. The fraction of sp³-hybridized carbons (Fsp3) is 0.333. The second kappa shape index (κ2) is 6.11. The molecule has 21 heavy (non-hydrogen) atoms. The van der Waals surface area contributed by atoms with Crippen LogP contribution < -0.4 is 5.32 Å². The van der Waals surface area contributed by atoms with Crippen molar-refractivity contribution in [3.8, 4) is 11.3 Å². The summed E-state index contributed by atoms with van der Waals surface area (Å²) in [6.45, 7) is 4.64. The van der Waals surface area contributed by atoms with Crippen LogP contribution in [0.2, 0.25) is 0 Å². The second-order valence-electron chi connectivity index (χ2n) is 4.51. The summed E-state index contributed by atoms with van der Waals surface area (Å²) < 4.78 is 37.8. The minimum atomic E-state index is -4.33. The molecule has 0 saturated carbocycles. The Labute approximate surface area is 121 Å². The lowest BCUT2D eigenvalue weighted by Crippen LogP contribution is -2.06. The molecular weight excluding hydrogens is 279 g/mol. The van der Waals surface area contributed by atoms with E-state index in [9.17, 15) is 13.2 Å². The predicted octanol–water partition coefficient (Wildman–Crippen LogP) is 4.16. The molecule has 0 fully saturated rings. The lowest BCUT2D eigenvalue weighted by molar-refractivity contribution is -0.137. The molecule has 6 heteroatoms. The Morgan fingerprint density at radius 1 is 1.05 bits per heavy atom. The molecule has 0 unspecified atom stereocenters. The standard InChI is InChI=1S/C15H16F3N3/c1-3-12-13(20-9-21-14(12)19-4-2)10-5-7-11(8-6-10)15(16,17)18/h5-9H,3-4H2,1-2H3,(H,19,20,21). The maximum atomic E-state index is 12.6. The first-order valence-electron chi connectivity index (χ1n) is 6.72. The maximum absolute atomic E-state index is 12.6. The summed E-state index contributed by atoms with van der Waals surface area (Å²) in [6.07, 6.45) is -2.21. The monoisotopic (exact) mass is 295 g/mol. The molecule has 1 heterocycles. The summed E-state index contributed by atoms with van der Waals surface area (Å²) in [5.41, 5.74) is 1.56. The van der Waals surface area contributed by atoms with Crippen LogP contribution in [0.25, 0.3) is 11.3 Å². The summed E-state index contributed by atoms with van der Waals surface area (Å²) in [5.74, 6) is 0.727. The normalized spacial score (nSPS) is 11.5. The average Bonchev–Trinajstić information content (AvgIpc) is 2.46. The zero-order chi connectivity index (χ0) is 15.5. The number of benzene rings is 1. The van der Waals surface area contributed by atoms with Gasteiger partial charge < -0.3 is 5.32 Å². The third-order valence-electron chi connectivity index (χ3n) is 3.13. The van der Waals surface area contributed by atoms with Crippen LogP contribution in [-0.2, 0) is 12.6 Å². The highest BCUT2D eigenvalue weighted by atomic mass is 19.4. The van der Waals surface area contributed by atoms with Crippen LogP contribution in [0.4, 0.5) is 19.0 Å². The van der Waals surface area contributed by atoms with E-state index in [4.69, 9.17) is 0 Å². The van der Waals surface area contributed by atoms with Crippen molar-refractivity contribution in [1.82, 2.24) is 9.97 Å². The van der Waals surface area contributed by atoms with Crippen LogP contribution in [0.15, 0.2) is 30.6 Å². The van der Waals surface area contributed by atoms with E-state index in [-0.39, 0.29) is 0 Å². The molecule has 0 amide bonds. The first kappa shape index (κ1) is 15.3. The molecule has 1 N–H and O–H groups in total. The van der Waals surface area contributed by atoms with Crippen LogP contribution in [0.3, 0.4) is 0 Å². The third kappa shape index (κ3) is 3.32. The zero-order valence-electron chi connectivity index (χ0n) is 11.8. The molecule has 0 aliphatic carbocycles. The molecule has 1 aromatic heterocycles. The molecule has 3 nitrogen and oxygen atoms in total. The van der Waals surface area contributed by atoms with Gasteiger partial charge in [0.05, 0.1) is 11.3 Å². The Kier molecular flexibility index (Phi) is 4.45. The fourth-order valence-corrected chi connectivity index (χ4v) is 2.13. The maximum Gasteiger partial charge on any atom is 0.416 e. The molecule has 0 bridgehead atoms. The Balaban J connectivity index is 2.44. The van der Waals surface area contributed by atoms with Gasteiger partial charge in [-0.25, -0.2) is 9.97 Å². The number of rotatable bonds is 4. The summed E-state index contributed by atoms with van der Waals surface area (Å²) >= 11 is 0. The molecule has 1 aromatic carbocycles. The average molecular weight is 295 g/mol. The van der Waals surface area contributed by atoms with Crippen LogP contribution in [-0.4, -0.2) is 16.5 Å². The number of hydrogen-bond donors (Lipinski definition) is 1. The number of hydrogen-bond acceptors (Lipinski definition) is 3. The van der Waals surface area contributed by atoms with E-state index in [1.807, 2.05) is 13.8 Å². The van der Waals surface area contributed by atoms with Crippen molar-refractivity contribution in [2.24, 2.45) is 0 Å². The van der Waals surface area contributed by atoms with E-state index < -0.39 is 11.7 Å². The van der Waals surface area contributed by atoms with E-state index in [0.29, 0.717) is 17.7 Å². The first-order valence-corrected chi connectivity index (χ1v) is 6.72. The van der Waals surface area contributed by atoms with Crippen LogP contribution >= 0.6 is 0 Å². The lowest BCUT2D eigenvalue weighted by atomic mass is 10.0. The van der Waals surface area contributed by atoms with Crippen LogP contribution in [0.5, 0.6) is 0 Å². The lowest BCUT2D eigenvalue weighted by Gasteiger charge is -2.13. The van der Waals surface area contributed by atoms with Crippen molar-refractivity contribution in [1.29, 1.82) is 0 Å². The molecule has 2 aromatic rings. The van der Waals surface area contributed by atoms with Gasteiger partial charge >= 0.3 is 6.18 Å². The van der Waals surface area contributed by atoms with Crippen molar-refractivity contribution < 1.29 is 13.2 Å². The van der Waals surface area contributed by atoms with Crippen molar-refractivity contribution in [2.75, 3.05) is 11.9 Å². The molecule has 0 spiro atoms. The van der Waals surface area contributed by atoms with Crippen molar-refractivity contribution in [3.05, 3.63) is 41.7 Å².